The Morgan fingerprint density at radius 1 is 1.06 bits per heavy atom. The lowest BCUT2D eigenvalue weighted by Crippen LogP contribution is -2.26. The molecule has 8 nitrogen and oxygen atoms in total. The summed E-state index contributed by atoms with van der Waals surface area (Å²) in [6.45, 7) is 7.39. The summed E-state index contributed by atoms with van der Waals surface area (Å²) in [7, 11) is -3.75. The highest BCUT2D eigenvalue weighted by Gasteiger charge is 2.21. The zero-order valence-corrected chi connectivity index (χ0v) is 19.9. The van der Waals surface area contributed by atoms with Crippen molar-refractivity contribution in [1.29, 1.82) is 0 Å². The highest BCUT2D eigenvalue weighted by atomic mass is 32.2. The minimum atomic E-state index is -3.75. The Balaban J connectivity index is 1.65. The Morgan fingerprint density at radius 3 is 2.64 bits per heavy atom. The predicted octanol–water partition coefficient (Wildman–Crippen LogP) is 3.85. The molecule has 2 aromatic carbocycles. The largest absolute Gasteiger partial charge is 0.491 e. The second-order valence-corrected chi connectivity index (χ2v) is 9.04. The molecule has 178 valence electrons. The van der Waals surface area contributed by atoms with Crippen LogP contribution >= 0.6 is 0 Å². The first kappa shape index (κ1) is 24.8. The maximum absolute atomic E-state index is 12.8. The van der Waals surface area contributed by atoms with Gasteiger partial charge in [-0.15, -0.1) is 0 Å². The van der Waals surface area contributed by atoms with Crippen molar-refractivity contribution < 1.29 is 31.8 Å². The van der Waals surface area contributed by atoms with Gasteiger partial charge in [-0.05, 0) is 63.1 Å². The molecule has 0 unspecified atom stereocenters. The molecule has 0 aliphatic carbocycles. The standard InChI is InChI=1S/C24H29NO7S/c1-4-29-13-14-31-19-8-6-7-18(15-19)11-12-25-33(27,28)20-9-10-22-21(16-20)17(3)23(32-22)24(26)30-5-2/h6-10,15-16,25H,4-5,11-14H2,1-3H3. The molecule has 0 radical (unpaired) electrons. The van der Waals surface area contributed by atoms with Crippen LogP contribution < -0.4 is 9.46 Å². The molecule has 0 spiro atoms. The number of hydrogen-bond acceptors (Lipinski definition) is 7. The fourth-order valence-corrected chi connectivity index (χ4v) is 4.38. The summed E-state index contributed by atoms with van der Waals surface area (Å²) in [6.07, 6.45) is 0.502. The molecule has 0 bridgehead atoms. The lowest BCUT2D eigenvalue weighted by Gasteiger charge is -2.09. The third kappa shape index (κ3) is 6.34. The van der Waals surface area contributed by atoms with E-state index in [4.69, 9.17) is 18.6 Å². The Hall–Kier alpha value is -2.88. The molecule has 0 saturated heterocycles. The summed E-state index contributed by atoms with van der Waals surface area (Å²) in [5.74, 6) is 0.226. The van der Waals surface area contributed by atoms with Crippen LogP contribution in [0.1, 0.15) is 35.5 Å². The monoisotopic (exact) mass is 475 g/mol. The van der Waals surface area contributed by atoms with Crippen LogP contribution in [0.25, 0.3) is 11.0 Å². The lowest BCUT2D eigenvalue weighted by molar-refractivity contribution is 0.0491. The van der Waals surface area contributed by atoms with Crippen LogP contribution in [0.15, 0.2) is 51.8 Å². The fraction of sp³-hybridized carbons (Fsp3) is 0.375. The van der Waals surface area contributed by atoms with Crippen LogP contribution in [0.4, 0.5) is 0 Å². The SMILES string of the molecule is CCOCCOc1cccc(CCNS(=O)(=O)c2ccc3oc(C(=O)OCC)c(C)c3c2)c1. The predicted molar refractivity (Wildman–Crippen MR) is 124 cm³/mol. The minimum absolute atomic E-state index is 0.0812. The van der Waals surface area contributed by atoms with Crippen molar-refractivity contribution in [2.24, 2.45) is 0 Å². The van der Waals surface area contributed by atoms with Gasteiger partial charge in [-0.1, -0.05) is 12.1 Å². The number of esters is 1. The zero-order chi connectivity index (χ0) is 23.8. The molecule has 1 heterocycles. The van der Waals surface area contributed by atoms with Crippen LogP contribution in [0.3, 0.4) is 0 Å². The third-order valence-corrected chi connectivity index (χ3v) is 6.44. The number of carbonyl (C=O) groups excluding carboxylic acids is 1. The molecule has 1 aromatic heterocycles. The first-order valence-corrected chi connectivity index (χ1v) is 12.3. The molecule has 0 atom stereocenters. The first-order valence-electron chi connectivity index (χ1n) is 10.8. The van der Waals surface area contributed by atoms with E-state index >= 15 is 0 Å². The molecule has 0 fully saturated rings. The van der Waals surface area contributed by atoms with Crippen molar-refractivity contribution in [3.05, 3.63) is 59.4 Å². The minimum Gasteiger partial charge on any atom is -0.491 e. The molecule has 9 heteroatoms. The maximum Gasteiger partial charge on any atom is 0.374 e. The Labute approximate surface area is 193 Å². The number of fused-ring (bicyclic) bond motifs is 1. The van der Waals surface area contributed by atoms with Gasteiger partial charge < -0.3 is 18.6 Å². The molecule has 0 amide bonds. The summed E-state index contributed by atoms with van der Waals surface area (Å²) in [4.78, 5) is 12.1. The Morgan fingerprint density at radius 2 is 1.88 bits per heavy atom. The number of furan rings is 1. The van der Waals surface area contributed by atoms with E-state index in [1.54, 1.807) is 19.9 Å². The van der Waals surface area contributed by atoms with Crippen molar-refractivity contribution in [2.75, 3.05) is 33.0 Å². The van der Waals surface area contributed by atoms with Gasteiger partial charge in [0, 0.05) is 24.1 Å². The third-order valence-electron chi connectivity index (χ3n) is 4.98. The van der Waals surface area contributed by atoms with Gasteiger partial charge in [0.2, 0.25) is 15.8 Å². The van der Waals surface area contributed by atoms with Gasteiger partial charge in [0.25, 0.3) is 0 Å². The van der Waals surface area contributed by atoms with Gasteiger partial charge in [0.05, 0.1) is 18.1 Å². The average Bonchev–Trinajstić information content (AvgIpc) is 3.13. The number of nitrogens with one attached hydrogen (secondary N) is 1. The Kier molecular flexibility index (Phi) is 8.49. The highest BCUT2D eigenvalue weighted by Crippen LogP contribution is 2.28. The molecular formula is C24H29NO7S. The van der Waals surface area contributed by atoms with Crippen LogP contribution in [-0.4, -0.2) is 47.4 Å². The highest BCUT2D eigenvalue weighted by molar-refractivity contribution is 7.89. The average molecular weight is 476 g/mol. The van der Waals surface area contributed by atoms with Crippen molar-refractivity contribution in [3.8, 4) is 5.75 Å². The van der Waals surface area contributed by atoms with E-state index in [-0.39, 0.29) is 23.8 Å². The molecule has 0 aliphatic rings. The lowest BCUT2D eigenvalue weighted by atomic mass is 10.1. The molecule has 0 aliphatic heterocycles. The summed E-state index contributed by atoms with van der Waals surface area (Å²) in [6, 6.07) is 12.0. The second-order valence-electron chi connectivity index (χ2n) is 7.28. The first-order chi connectivity index (χ1) is 15.9. The van der Waals surface area contributed by atoms with Crippen molar-refractivity contribution >= 4 is 27.0 Å². The maximum atomic E-state index is 12.8. The van der Waals surface area contributed by atoms with Gasteiger partial charge >= 0.3 is 5.97 Å². The fourth-order valence-electron chi connectivity index (χ4n) is 3.33. The van der Waals surface area contributed by atoms with Crippen LogP contribution in [0.5, 0.6) is 5.75 Å². The number of benzene rings is 2. The molecule has 1 N–H and O–H groups in total. The normalized spacial score (nSPS) is 11.6. The summed E-state index contributed by atoms with van der Waals surface area (Å²) in [5.41, 5.74) is 1.92. The van der Waals surface area contributed by atoms with Gasteiger partial charge in [-0.2, -0.15) is 0 Å². The van der Waals surface area contributed by atoms with Gasteiger partial charge in [-0.25, -0.2) is 17.9 Å². The van der Waals surface area contributed by atoms with E-state index < -0.39 is 16.0 Å². The summed E-state index contributed by atoms with van der Waals surface area (Å²) in [5, 5.41) is 0.554. The van der Waals surface area contributed by atoms with Crippen molar-refractivity contribution in [2.45, 2.75) is 32.1 Å². The molecule has 3 aromatic rings. The molecule has 0 saturated carbocycles. The number of carbonyl (C=O) groups is 1. The Bertz CT molecular complexity index is 1200. The molecule has 3 rings (SSSR count). The zero-order valence-electron chi connectivity index (χ0n) is 19.1. The van der Waals surface area contributed by atoms with Crippen LogP contribution in [0, 0.1) is 6.92 Å². The van der Waals surface area contributed by atoms with Gasteiger partial charge in [0.15, 0.2) is 0 Å². The topological polar surface area (TPSA) is 104 Å². The van der Waals surface area contributed by atoms with Gasteiger partial charge in [0.1, 0.15) is 17.9 Å². The summed E-state index contributed by atoms with van der Waals surface area (Å²) >= 11 is 0. The number of hydrogen-bond donors (Lipinski definition) is 1. The quantitative estimate of drug-likeness (QED) is 0.313. The van der Waals surface area contributed by atoms with E-state index in [0.717, 1.165) is 5.56 Å². The van der Waals surface area contributed by atoms with Crippen molar-refractivity contribution in [3.63, 3.8) is 0 Å². The number of rotatable bonds is 12. The number of ether oxygens (including phenoxy) is 3. The molecule has 33 heavy (non-hydrogen) atoms. The van der Waals surface area contributed by atoms with E-state index in [2.05, 4.69) is 4.72 Å². The van der Waals surface area contributed by atoms with E-state index in [1.165, 1.54) is 12.1 Å². The smallest absolute Gasteiger partial charge is 0.374 e. The summed E-state index contributed by atoms with van der Waals surface area (Å²) < 4.78 is 49.7. The van der Waals surface area contributed by atoms with E-state index in [9.17, 15) is 13.2 Å². The number of sulfonamides is 1. The van der Waals surface area contributed by atoms with Crippen molar-refractivity contribution in [1.82, 2.24) is 4.72 Å². The second kappa shape index (κ2) is 11.3. The van der Waals surface area contributed by atoms with E-state index in [0.29, 0.717) is 48.5 Å². The van der Waals surface area contributed by atoms with E-state index in [1.807, 2.05) is 31.2 Å². The molecular weight excluding hydrogens is 446 g/mol. The van der Waals surface area contributed by atoms with Gasteiger partial charge in [-0.3, -0.25) is 0 Å². The number of aryl methyl sites for hydroxylation is 1. The van der Waals surface area contributed by atoms with Crippen LogP contribution in [-0.2, 0) is 25.9 Å². The van der Waals surface area contributed by atoms with Crippen LogP contribution in [0.2, 0.25) is 0 Å².